The van der Waals surface area contributed by atoms with Crippen molar-refractivity contribution >= 4 is 38.6 Å². The predicted octanol–water partition coefficient (Wildman–Crippen LogP) is 3.79. The monoisotopic (exact) mass is 435 g/mol. The SMILES string of the molecule is CN(C)C(=O)Sc1ccccc1NC(=O)c1ccc(S(=O)(=O)NC(C)(C)C)cc1. The molecule has 2 rings (SSSR count). The zero-order valence-corrected chi connectivity index (χ0v) is 18.6. The number of benzene rings is 2. The fourth-order valence-electron chi connectivity index (χ4n) is 2.29. The Morgan fingerprint density at radius 2 is 1.55 bits per heavy atom. The van der Waals surface area contributed by atoms with Crippen LogP contribution in [0.25, 0.3) is 0 Å². The minimum Gasteiger partial charge on any atom is -0.339 e. The predicted molar refractivity (Wildman–Crippen MR) is 116 cm³/mol. The lowest BCUT2D eigenvalue weighted by atomic mass is 10.1. The van der Waals surface area contributed by atoms with Crippen LogP contribution in [0.15, 0.2) is 58.3 Å². The van der Waals surface area contributed by atoms with Crippen LogP contribution in [0, 0.1) is 0 Å². The Kier molecular flexibility index (Phi) is 7.10. The molecule has 0 saturated heterocycles. The van der Waals surface area contributed by atoms with Gasteiger partial charge < -0.3 is 10.2 Å². The number of hydrogen-bond acceptors (Lipinski definition) is 5. The van der Waals surface area contributed by atoms with Crippen molar-refractivity contribution in [3.05, 3.63) is 54.1 Å². The molecule has 0 atom stereocenters. The molecule has 9 heteroatoms. The van der Waals surface area contributed by atoms with E-state index in [2.05, 4.69) is 10.0 Å². The summed E-state index contributed by atoms with van der Waals surface area (Å²) in [6, 6.07) is 12.7. The summed E-state index contributed by atoms with van der Waals surface area (Å²) < 4.78 is 27.3. The fraction of sp³-hybridized carbons (Fsp3) is 0.300. The van der Waals surface area contributed by atoms with Crippen molar-refractivity contribution in [1.82, 2.24) is 9.62 Å². The Labute approximate surface area is 175 Å². The molecule has 2 amide bonds. The first-order chi connectivity index (χ1) is 13.4. The normalized spacial score (nSPS) is 11.8. The number of carbonyl (C=O) groups excluding carboxylic acids is 2. The van der Waals surface area contributed by atoms with E-state index in [1.165, 1.54) is 29.2 Å². The molecule has 0 radical (unpaired) electrons. The van der Waals surface area contributed by atoms with Crippen LogP contribution in [0.3, 0.4) is 0 Å². The molecule has 0 saturated carbocycles. The van der Waals surface area contributed by atoms with Crippen molar-refractivity contribution in [3.8, 4) is 0 Å². The van der Waals surface area contributed by atoms with Crippen LogP contribution in [0.4, 0.5) is 10.5 Å². The number of rotatable bonds is 5. The van der Waals surface area contributed by atoms with E-state index in [1.54, 1.807) is 59.1 Å². The lowest BCUT2D eigenvalue weighted by Gasteiger charge is -2.20. The van der Waals surface area contributed by atoms with E-state index in [-0.39, 0.29) is 10.1 Å². The Morgan fingerprint density at radius 1 is 0.966 bits per heavy atom. The maximum Gasteiger partial charge on any atom is 0.286 e. The molecule has 2 aromatic rings. The molecular weight excluding hydrogens is 410 g/mol. The molecule has 0 fully saturated rings. The zero-order chi connectivity index (χ0) is 21.8. The molecule has 7 nitrogen and oxygen atoms in total. The number of sulfonamides is 1. The van der Waals surface area contributed by atoms with Crippen LogP contribution in [-0.2, 0) is 10.0 Å². The number of hydrogen-bond donors (Lipinski definition) is 2. The molecule has 2 N–H and O–H groups in total. The van der Waals surface area contributed by atoms with Gasteiger partial charge in [0.15, 0.2) is 0 Å². The summed E-state index contributed by atoms with van der Waals surface area (Å²) in [6.07, 6.45) is 0. The molecule has 0 heterocycles. The van der Waals surface area contributed by atoms with Gasteiger partial charge in [-0.1, -0.05) is 12.1 Å². The first-order valence-corrected chi connectivity index (χ1v) is 11.1. The van der Waals surface area contributed by atoms with E-state index >= 15 is 0 Å². The van der Waals surface area contributed by atoms with E-state index in [9.17, 15) is 18.0 Å². The summed E-state index contributed by atoms with van der Waals surface area (Å²) in [7, 11) is -0.368. The Bertz CT molecular complexity index is 995. The quantitative estimate of drug-likeness (QED) is 0.697. The van der Waals surface area contributed by atoms with Gasteiger partial charge in [0, 0.05) is 30.1 Å². The smallest absolute Gasteiger partial charge is 0.286 e. The van der Waals surface area contributed by atoms with Crippen molar-refractivity contribution in [2.45, 2.75) is 36.1 Å². The van der Waals surface area contributed by atoms with Crippen LogP contribution < -0.4 is 10.0 Å². The van der Waals surface area contributed by atoms with Gasteiger partial charge in [0.25, 0.3) is 11.1 Å². The van der Waals surface area contributed by atoms with Gasteiger partial charge >= 0.3 is 0 Å². The number of para-hydroxylation sites is 1. The highest BCUT2D eigenvalue weighted by molar-refractivity contribution is 8.13. The van der Waals surface area contributed by atoms with Gasteiger partial charge in [-0.3, -0.25) is 9.59 Å². The lowest BCUT2D eigenvalue weighted by Crippen LogP contribution is -2.40. The zero-order valence-electron chi connectivity index (χ0n) is 17.0. The first-order valence-electron chi connectivity index (χ1n) is 8.82. The Morgan fingerprint density at radius 3 is 2.10 bits per heavy atom. The summed E-state index contributed by atoms with van der Waals surface area (Å²) in [5.41, 5.74) is 0.197. The summed E-state index contributed by atoms with van der Waals surface area (Å²) in [6.45, 7) is 5.26. The Balaban J connectivity index is 2.18. The van der Waals surface area contributed by atoms with E-state index in [4.69, 9.17) is 0 Å². The molecular formula is C20H25N3O4S2. The van der Waals surface area contributed by atoms with E-state index in [1.807, 2.05) is 0 Å². The van der Waals surface area contributed by atoms with Crippen molar-refractivity contribution in [2.24, 2.45) is 0 Å². The van der Waals surface area contributed by atoms with Crippen molar-refractivity contribution < 1.29 is 18.0 Å². The minimum atomic E-state index is -3.67. The van der Waals surface area contributed by atoms with Crippen molar-refractivity contribution in [2.75, 3.05) is 19.4 Å². The molecule has 2 aromatic carbocycles. The summed E-state index contributed by atoms with van der Waals surface area (Å²) in [5, 5.41) is 2.61. The van der Waals surface area contributed by atoms with Crippen molar-refractivity contribution in [1.29, 1.82) is 0 Å². The van der Waals surface area contributed by atoms with E-state index in [0.29, 0.717) is 16.1 Å². The molecule has 0 aliphatic carbocycles. The number of nitrogens with zero attached hydrogens (tertiary/aromatic N) is 1. The first kappa shape index (κ1) is 22.9. The molecule has 0 bridgehead atoms. The van der Waals surface area contributed by atoms with Gasteiger partial charge in [0.2, 0.25) is 10.0 Å². The fourth-order valence-corrected chi connectivity index (χ4v) is 4.45. The average Bonchev–Trinajstić information content (AvgIpc) is 2.61. The van der Waals surface area contributed by atoms with Gasteiger partial charge in [-0.2, -0.15) is 0 Å². The number of anilines is 1. The summed E-state index contributed by atoms with van der Waals surface area (Å²) >= 11 is 1.01. The lowest BCUT2D eigenvalue weighted by molar-refractivity contribution is 0.102. The molecule has 0 aliphatic heterocycles. The third-order valence-electron chi connectivity index (χ3n) is 3.57. The van der Waals surface area contributed by atoms with Gasteiger partial charge in [-0.05, 0) is 68.9 Å². The molecule has 0 aromatic heterocycles. The maximum atomic E-state index is 12.6. The van der Waals surface area contributed by atoms with Gasteiger partial charge in [0.1, 0.15) is 0 Å². The molecule has 0 aliphatic rings. The molecule has 0 spiro atoms. The topological polar surface area (TPSA) is 95.6 Å². The highest BCUT2D eigenvalue weighted by Gasteiger charge is 2.22. The third kappa shape index (κ3) is 6.59. The van der Waals surface area contributed by atoms with Gasteiger partial charge in [-0.25, -0.2) is 13.1 Å². The second-order valence-corrected chi connectivity index (χ2v) is 10.3. The highest BCUT2D eigenvalue weighted by Crippen LogP contribution is 2.29. The van der Waals surface area contributed by atoms with Crippen LogP contribution >= 0.6 is 11.8 Å². The standard InChI is InChI=1S/C20H25N3O4S2/c1-20(2,3)22-29(26,27)15-12-10-14(11-13-15)18(24)21-16-8-6-7-9-17(16)28-19(25)23(4)5/h6-13,22H,1-5H3,(H,21,24). The average molecular weight is 436 g/mol. The maximum absolute atomic E-state index is 12.6. The molecule has 29 heavy (non-hydrogen) atoms. The highest BCUT2D eigenvalue weighted by atomic mass is 32.2. The van der Waals surface area contributed by atoms with Crippen molar-refractivity contribution in [3.63, 3.8) is 0 Å². The second-order valence-electron chi connectivity index (χ2n) is 7.59. The van der Waals surface area contributed by atoms with E-state index < -0.39 is 21.5 Å². The van der Waals surface area contributed by atoms with E-state index in [0.717, 1.165) is 11.8 Å². The number of carbonyl (C=O) groups is 2. The van der Waals surface area contributed by atoms with Gasteiger partial charge in [0.05, 0.1) is 10.6 Å². The van der Waals surface area contributed by atoms with Crippen LogP contribution in [-0.4, -0.2) is 44.1 Å². The van der Waals surface area contributed by atoms with Crippen LogP contribution in [0.5, 0.6) is 0 Å². The summed E-state index contributed by atoms with van der Waals surface area (Å²) in [4.78, 5) is 26.7. The largest absolute Gasteiger partial charge is 0.339 e. The Hall–Kier alpha value is -2.36. The summed E-state index contributed by atoms with van der Waals surface area (Å²) in [5.74, 6) is -0.400. The molecule has 0 unspecified atom stereocenters. The third-order valence-corrected chi connectivity index (χ3v) is 6.45. The number of nitrogens with one attached hydrogen (secondary N) is 2. The minimum absolute atomic E-state index is 0.0801. The molecule has 156 valence electrons. The van der Waals surface area contributed by atoms with Gasteiger partial charge in [-0.15, -0.1) is 0 Å². The number of thioether (sulfide) groups is 1. The second kappa shape index (κ2) is 8.98. The van der Waals surface area contributed by atoms with Crippen LogP contribution in [0.2, 0.25) is 0 Å². The van der Waals surface area contributed by atoms with Crippen LogP contribution in [0.1, 0.15) is 31.1 Å². The number of amides is 2.